The molecule has 0 saturated heterocycles. The van der Waals surface area contributed by atoms with Crippen molar-refractivity contribution in [3.8, 4) is 0 Å². The number of hydrogen-bond donors (Lipinski definition) is 0. The van der Waals surface area contributed by atoms with E-state index in [1.165, 1.54) is 32.3 Å². The van der Waals surface area contributed by atoms with Crippen molar-refractivity contribution in [1.29, 1.82) is 0 Å². The summed E-state index contributed by atoms with van der Waals surface area (Å²) in [5.41, 5.74) is 4.00. The van der Waals surface area contributed by atoms with Gasteiger partial charge in [-0.2, -0.15) is 0 Å². The summed E-state index contributed by atoms with van der Waals surface area (Å²) >= 11 is 0. The topological polar surface area (TPSA) is 52.6 Å². The van der Waals surface area contributed by atoms with Crippen LogP contribution in [0.2, 0.25) is 0 Å². The number of ether oxygens (including phenoxy) is 2. The maximum atomic E-state index is 12.1. The molecule has 4 rings (SSSR count). The molecule has 4 aliphatic rings. The van der Waals surface area contributed by atoms with Crippen molar-refractivity contribution in [2.75, 3.05) is 0 Å². The van der Waals surface area contributed by atoms with Crippen molar-refractivity contribution < 1.29 is 19.1 Å². The number of fused-ring (bicyclic) bond motifs is 5. The molecule has 3 fully saturated rings. The van der Waals surface area contributed by atoms with Crippen LogP contribution < -0.4 is 0 Å². The number of carbonyl (C=O) groups is 2. The van der Waals surface area contributed by atoms with Crippen molar-refractivity contribution in [3.63, 3.8) is 0 Å². The Bertz CT molecular complexity index is 806. The molecule has 0 aromatic heterocycles. The second-order valence-electron chi connectivity index (χ2n) is 10.4. The van der Waals surface area contributed by atoms with Gasteiger partial charge in [0.1, 0.15) is 11.7 Å². The Labute approximate surface area is 187 Å². The Morgan fingerprint density at radius 1 is 1.13 bits per heavy atom. The predicted molar refractivity (Wildman–Crippen MR) is 120 cm³/mol. The molecule has 31 heavy (non-hydrogen) atoms. The molecule has 7 atom stereocenters. The zero-order valence-electron chi connectivity index (χ0n) is 19.5. The smallest absolute Gasteiger partial charge is 0.303 e. The van der Waals surface area contributed by atoms with E-state index in [1.54, 1.807) is 0 Å². The van der Waals surface area contributed by atoms with Crippen LogP contribution in [-0.4, -0.2) is 23.6 Å². The number of carbonyl (C=O) groups excluding carboxylic acids is 2. The monoisotopic (exact) mass is 426 g/mol. The van der Waals surface area contributed by atoms with E-state index in [0.717, 1.165) is 51.4 Å². The molecule has 4 heteroatoms. The molecule has 0 radical (unpaired) electrons. The highest BCUT2D eigenvalue weighted by atomic mass is 16.6. The van der Waals surface area contributed by atoms with Gasteiger partial charge < -0.3 is 9.47 Å². The normalized spacial score (nSPS) is 41.0. The summed E-state index contributed by atoms with van der Waals surface area (Å²) in [5, 5.41) is 0. The van der Waals surface area contributed by atoms with Gasteiger partial charge in [0.05, 0.1) is 0 Å². The Balaban J connectivity index is 1.63. The summed E-state index contributed by atoms with van der Waals surface area (Å²) in [7, 11) is 0. The lowest BCUT2D eigenvalue weighted by Gasteiger charge is -2.57. The Hall–Kier alpha value is -1.80. The average Bonchev–Trinajstić information content (AvgIpc) is 3.01. The second kappa shape index (κ2) is 8.62. The van der Waals surface area contributed by atoms with E-state index >= 15 is 0 Å². The fourth-order valence-corrected chi connectivity index (χ4v) is 8.24. The number of esters is 2. The fraction of sp³-hybridized carbons (Fsp3) is 0.741. The maximum absolute atomic E-state index is 12.1. The van der Waals surface area contributed by atoms with Gasteiger partial charge in [0.25, 0.3) is 0 Å². The van der Waals surface area contributed by atoms with Crippen molar-refractivity contribution in [3.05, 3.63) is 30.0 Å². The lowest BCUT2D eigenvalue weighted by Crippen LogP contribution is -2.55. The Kier molecular flexibility index (Phi) is 6.23. The minimum Gasteiger partial charge on any atom is -0.458 e. The van der Waals surface area contributed by atoms with E-state index < -0.39 is 5.60 Å². The van der Waals surface area contributed by atoms with E-state index in [1.807, 2.05) is 6.08 Å². The highest BCUT2D eigenvalue weighted by molar-refractivity contribution is 5.67. The first-order chi connectivity index (χ1) is 14.9. The molecule has 0 bridgehead atoms. The molecule has 0 aromatic carbocycles. The molecule has 0 heterocycles. The molecule has 0 amide bonds. The van der Waals surface area contributed by atoms with E-state index in [-0.39, 0.29) is 23.5 Å². The van der Waals surface area contributed by atoms with Gasteiger partial charge >= 0.3 is 11.9 Å². The lowest BCUT2D eigenvalue weighted by atomic mass is 9.49. The first-order valence-electron chi connectivity index (χ1n) is 12.3. The molecular weight excluding hydrogens is 388 g/mol. The first kappa shape index (κ1) is 22.4. The van der Waals surface area contributed by atoms with Crippen LogP contribution in [-0.2, 0) is 19.1 Å². The molecule has 0 spiro atoms. The van der Waals surface area contributed by atoms with Crippen LogP contribution in [0.15, 0.2) is 30.0 Å². The van der Waals surface area contributed by atoms with E-state index in [4.69, 9.17) is 9.47 Å². The van der Waals surface area contributed by atoms with Crippen molar-refractivity contribution in [2.24, 2.45) is 29.1 Å². The van der Waals surface area contributed by atoms with E-state index in [9.17, 15) is 9.59 Å². The fourth-order valence-electron chi connectivity index (χ4n) is 8.24. The van der Waals surface area contributed by atoms with E-state index in [2.05, 4.69) is 25.3 Å². The van der Waals surface area contributed by atoms with Gasteiger partial charge in [0, 0.05) is 25.3 Å². The van der Waals surface area contributed by atoms with Gasteiger partial charge in [0.2, 0.25) is 0 Å². The van der Waals surface area contributed by atoms with Crippen LogP contribution in [0.3, 0.4) is 0 Å². The van der Waals surface area contributed by atoms with Gasteiger partial charge in [0.15, 0.2) is 0 Å². The predicted octanol–water partition coefficient (Wildman–Crippen LogP) is 5.91. The molecule has 0 aliphatic heterocycles. The van der Waals surface area contributed by atoms with Gasteiger partial charge in [-0.3, -0.25) is 9.59 Å². The maximum Gasteiger partial charge on any atom is 0.303 e. The molecule has 3 saturated carbocycles. The molecular formula is C27H38O4. The van der Waals surface area contributed by atoms with Crippen LogP contribution in [0, 0.1) is 29.1 Å². The first-order valence-corrected chi connectivity index (χ1v) is 12.3. The van der Waals surface area contributed by atoms with E-state index in [0.29, 0.717) is 23.7 Å². The molecule has 0 aromatic rings. The summed E-state index contributed by atoms with van der Waals surface area (Å²) in [6.45, 7) is 9.15. The van der Waals surface area contributed by atoms with Crippen LogP contribution in [0.4, 0.5) is 0 Å². The summed E-state index contributed by atoms with van der Waals surface area (Å²) in [5.74, 6) is 2.23. The van der Waals surface area contributed by atoms with Crippen molar-refractivity contribution >= 4 is 11.9 Å². The quantitative estimate of drug-likeness (QED) is 0.311. The number of allylic oxidation sites excluding steroid dienone is 1. The Morgan fingerprint density at radius 2 is 1.94 bits per heavy atom. The zero-order valence-corrected chi connectivity index (χ0v) is 19.5. The third-order valence-electron chi connectivity index (χ3n) is 8.97. The van der Waals surface area contributed by atoms with Crippen molar-refractivity contribution in [2.45, 2.75) is 96.7 Å². The van der Waals surface area contributed by atoms with Gasteiger partial charge in [-0.05, 0) is 87.5 Å². The molecule has 170 valence electrons. The minimum absolute atomic E-state index is 0.00936. The van der Waals surface area contributed by atoms with Crippen molar-refractivity contribution in [1.82, 2.24) is 0 Å². The lowest BCUT2D eigenvalue weighted by molar-refractivity contribution is -0.173. The summed E-state index contributed by atoms with van der Waals surface area (Å²) in [6.07, 6.45) is 15.1. The van der Waals surface area contributed by atoms with Crippen LogP contribution in [0.25, 0.3) is 0 Å². The van der Waals surface area contributed by atoms with Crippen LogP contribution >= 0.6 is 0 Å². The number of hydrogen-bond acceptors (Lipinski definition) is 4. The van der Waals surface area contributed by atoms with Crippen LogP contribution in [0.5, 0.6) is 0 Å². The third-order valence-corrected chi connectivity index (χ3v) is 8.97. The van der Waals surface area contributed by atoms with Crippen LogP contribution in [0.1, 0.15) is 85.0 Å². The second-order valence-corrected chi connectivity index (χ2v) is 10.4. The third kappa shape index (κ3) is 3.71. The average molecular weight is 427 g/mol. The number of rotatable bonds is 5. The zero-order chi connectivity index (χ0) is 22.2. The highest BCUT2D eigenvalue weighted by Crippen LogP contribution is 2.68. The highest BCUT2D eigenvalue weighted by Gasteiger charge is 2.65. The standard InChI is InChI=1S/C27H38O4/c1-5-13-26-15-11-23-22-10-8-21(30-18(3)28)17-20(22)7-9-24(23)25(26)12-16-27(26,14-6-2)31-19(4)29/h14,17,21-25H,2,5,7-13,15-16H2,1,3-4H3/t21-,22-,23+,24+,25-,26?,27-/m0/s1. The largest absolute Gasteiger partial charge is 0.458 e. The summed E-state index contributed by atoms with van der Waals surface area (Å²) < 4.78 is 11.6. The summed E-state index contributed by atoms with van der Waals surface area (Å²) in [6, 6.07) is 0. The van der Waals surface area contributed by atoms with Gasteiger partial charge in [-0.25, -0.2) is 0 Å². The van der Waals surface area contributed by atoms with Gasteiger partial charge in [-0.1, -0.05) is 25.5 Å². The minimum atomic E-state index is -0.546. The Morgan fingerprint density at radius 3 is 2.61 bits per heavy atom. The van der Waals surface area contributed by atoms with Gasteiger partial charge in [-0.15, -0.1) is 5.73 Å². The molecule has 0 N–H and O–H groups in total. The SMILES string of the molecule is C=C=C[C@]1(OC(C)=O)CC[C@H]2[C@@H]3CCC4=C[C@@H](OC(C)=O)CC[C@@H]4[C@H]3CCC21CCC. The summed E-state index contributed by atoms with van der Waals surface area (Å²) in [4.78, 5) is 23.6. The molecule has 4 nitrogen and oxygen atoms in total. The molecule has 4 aliphatic carbocycles. The molecule has 1 unspecified atom stereocenters.